The Morgan fingerprint density at radius 2 is 1.83 bits per heavy atom. The van der Waals surface area contributed by atoms with Gasteiger partial charge in [0.15, 0.2) is 0 Å². The molecule has 6 heteroatoms. The van der Waals surface area contributed by atoms with E-state index in [0.29, 0.717) is 17.4 Å². The second-order valence-electron chi connectivity index (χ2n) is 7.30. The van der Waals surface area contributed by atoms with Crippen molar-refractivity contribution in [1.29, 1.82) is 0 Å². The minimum atomic E-state index is -0.463. The van der Waals surface area contributed by atoms with Gasteiger partial charge in [0.1, 0.15) is 5.75 Å². The van der Waals surface area contributed by atoms with Gasteiger partial charge >= 0.3 is 7.12 Å². The fourth-order valence-corrected chi connectivity index (χ4v) is 2.51. The minimum absolute atomic E-state index is 0.0928. The van der Waals surface area contributed by atoms with Crippen LogP contribution in [0.4, 0.5) is 0 Å². The van der Waals surface area contributed by atoms with Crippen LogP contribution in [0.15, 0.2) is 18.2 Å². The Hall–Kier alpha value is -1.53. The van der Waals surface area contributed by atoms with Crippen molar-refractivity contribution >= 4 is 18.5 Å². The first-order valence-corrected chi connectivity index (χ1v) is 8.08. The Morgan fingerprint density at radius 3 is 2.35 bits per heavy atom. The number of ether oxygens (including phenoxy) is 1. The van der Waals surface area contributed by atoms with E-state index in [2.05, 4.69) is 5.32 Å². The third-order valence-corrected chi connectivity index (χ3v) is 4.91. The zero-order valence-electron chi connectivity index (χ0n) is 14.4. The number of amides is 1. The molecule has 0 unspecified atom stereocenters. The van der Waals surface area contributed by atoms with Crippen molar-refractivity contribution in [1.82, 2.24) is 5.32 Å². The lowest BCUT2D eigenvalue weighted by molar-refractivity contribution is 0.00578. The summed E-state index contributed by atoms with van der Waals surface area (Å²) in [7, 11) is 1.10. The van der Waals surface area contributed by atoms with Crippen molar-refractivity contribution in [3.8, 4) is 5.75 Å². The van der Waals surface area contributed by atoms with E-state index in [1.807, 2.05) is 39.8 Å². The van der Waals surface area contributed by atoms with Crippen LogP contribution in [0.1, 0.15) is 50.9 Å². The van der Waals surface area contributed by atoms with E-state index in [9.17, 15) is 4.79 Å². The lowest BCUT2D eigenvalue weighted by atomic mass is 9.78. The molecule has 1 saturated heterocycles. The fourth-order valence-electron chi connectivity index (χ4n) is 2.51. The number of methoxy groups -OCH3 is 1. The molecular weight excluding hydrogens is 293 g/mol. The van der Waals surface area contributed by atoms with Crippen LogP contribution in [0.5, 0.6) is 5.75 Å². The van der Waals surface area contributed by atoms with Crippen molar-refractivity contribution in [3.63, 3.8) is 0 Å². The molecule has 1 amide bonds. The molecule has 1 saturated carbocycles. The van der Waals surface area contributed by atoms with Gasteiger partial charge < -0.3 is 19.4 Å². The Balaban J connectivity index is 1.83. The molecule has 3 rings (SSSR count). The van der Waals surface area contributed by atoms with E-state index in [1.54, 1.807) is 13.2 Å². The second-order valence-corrected chi connectivity index (χ2v) is 7.30. The van der Waals surface area contributed by atoms with Crippen molar-refractivity contribution in [2.45, 2.75) is 57.8 Å². The molecule has 1 aliphatic heterocycles. The maximum Gasteiger partial charge on any atom is 0.494 e. The Bertz CT molecular complexity index is 609. The van der Waals surface area contributed by atoms with E-state index in [0.717, 1.165) is 18.3 Å². The van der Waals surface area contributed by atoms with Crippen LogP contribution in [-0.2, 0) is 9.31 Å². The standard InChI is InChI=1S/C17H24BNO4/c1-16(2)17(3,4)23-18(22-16)11-6-9-13(14(10-11)21-5)15(20)19-12-7-8-12/h6,9-10,12H,7-8H2,1-5H3,(H,19,20). The second kappa shape index (κ2) is 5.53. The van der Waals surface area contributed by atoms with Gasteiger partial charge in [-0.05, 0) is 58.1 Å². The average Bonchev–Trinajstić information content (AvgIpc) is 3.25. The first kappa shape index (κ1) is 16.3. The third kappa shape index (κ3) is 3.10. The molecule has 2 fully saturated rings. The summed E-state index contributed by atoms with van der Waals surface area (Å²) in [4.78, 5) is 12.3. The van der Waals surface area contributed by atoms with Crippen LogP contribution < -0.4 is 15.5 Å². The third-order valence-electron chi connectivity index (χ3n) is 4.91. The first-order chi connectivity index (χ1) is 10.7. The summed E-state index contributed by atoms with van der Waals surface area (Å²) in [6.07, 6.45) is 2.11. The molecule has 0 aromatic heterocycles. The summed E-state index contributed by atoms with van der Waals surface area (Å²) < 4.78 is 17.5. The molecule has 1 N–H and O–H groups in total. The minimum Gasteiger partial charge on any atom is -0.496 e. The largest absolute Gasteiger partial charge is 0.496 e. The van der Waals surface area contributed by atoms with Crippen molar-refractivity contribution in [3.05, 3.63) is 23.8 Å². The van der Waals surface area contributed by atoms with Gasteiger partial charge in [0, 0.05) is 6.04 Å². The molecule has 124 valence electrons. The van der Waals surface area contributed by atoms with Crippen LogP contribution in [-0.4, -0.2) is 37.4 Å². The molecule has 1 heterocycles. The topological polar surface area (TPSA) is 56.8 Å². The van der Waals surface area contributed by atoms with Gasteiger partial charge in [0.05, 0.1) is 23.9 Å². The highest BCUT2D eigenvalue weighted by Gasteiger charge is 2.51. The van der Waals surface area contributed by atoms with Crippen LogP contribution >= 0.6 is 0 Å². The number of rotatable bonds is 4. The van der Waals surface area contributed by atoms with E-state index in [1.165, 1.54) is 0 Å². The Morgan fingerprint density at radius 1 is 1.22 bits per heavy atom. The molecule has 0 spiro atoms. The molecule has 0 bridgehead atoms. The van der Waals surface area contributed by atoms with E-state index >= 15 is 0 Å². The molecule has 2 aliphatic rings. The van der Waals surface area contributed by atoms with Crippen LogP contribution in [0, 0.1) is 0 Å². The number of carbonyl (C=O) groups excluding carboxylic acids is 1. The van der Waals surface area contributed by atoms with E-state index in [4.69, 9.17) is 14.0 Å². The van der Waals surface area contributed by atoms with Gasteiger partial charge in [-0.2, -0.15) is 0 Å². The van der Waals surface area contributed by atoms with Gasteiger partial charge in [-0.15, -0.1) is 0 Å². The monoisotopic (exact) mass is 317 g/mol. The number of nitrogens with one attached hydrogen (secondary N) is 1. The average molecular weight is 317 g/mol. The molecule has 1 aromatic rings. The normalized spacial score (nSPS) is 22.0. The quantitative estimate of drug-likeness (QED) is 0.862. The number of hydrogen-bond donors (Lipinski definition) is 1. The van der Waals surface area contributed by atoms with Crippen LogP contribution in [0.3, 0.4) is 0 Å². The maximum absolute atomic E-state index is 12.3. The number of benzene rings is 1. The highest BCUT2D eigenvalue weighted by molar-refractivity contribution is 6.62. The molecule has 1 aromatic carbocycles. The summed E-state index contributed by atoms with van der Waals surface area (Å²) >= 11 is 0. The molecule has 5 nitrogen and oxygen atoms in total. The summed E-state index contributed by atoms with van der Waals surface area (Å²) in [6, 6.07) is 5.78. The van der Waals surface area contributed by atoms with Gasteiger partial charge in [0.2, 0.25) is 0 Å². The van der Waals surface area contributed by atoms with Crippen molar-refractivity contribution in [2.75, 3.05) is 7.11 Å². The molecular formula is C17H24BNO4. The molecule has 0 atom stereocenters. The van der Waals surface area contributed by atoms with Gasteiger partial charge in [0.25, 0.3) is 5.91 Å². The first-order valence-electron chi connectivity index (χ1n) is 8.08. The predicted molar refractivity (Wildman–Crippen MR) is 89.2 cm³/mol. The van der Waals surface area contributed by atoms with E-state index < -0.39 is 18.3 Å². The van der Waals surface area contributed by atoms with Crippen molar-refractivity contribution < 1.29 is 18.8 Å². The molecule has 23 heavy (non-hydrogen) atoms. The summed E-state index contributed by atoms with van der Waals surface area (Å²) in [5.41, 5.74) is 0.600. The van der Waals surface area contributed by atoms with E-state index in [-0.39, 0.29) is 5.91 Å². The zero-order valence-corrected chi connectivity index (χ0v) is 14.4. The smallest absolute Gasteiger partial charge is 0.494 e. The SMILES string of the molecule is COc1cc(B2OC(C)(C)C(C)(C)O2)ccc1C(=O)NC1CC1. The number of hydrogen-bond acceptors (Lipinski definition) is 4. The molecule has 0 radical (unpaired) electrons. The van der Waals surface area contributed by atoms with Crippen LogP contribution in [0.2, 0.25) is 0 Å². The lowest BCUT2D eigenvalue weighted by Gasteiger charge is -2.32. The Labute approximate surface area is 137 Å². The maximum atomic E-state index is 12.3. The summed E-state index contributed by atoms with van der Waals surface area (Å²) in [5, 5.41) is 2.98. The van der Waals surface area contributed by atoms with Crippen molar-refractivity contribution in [2.24, 2.45) is 0 Å². The fraction of sp³-hybridized carbons (Fsp3) is 0.588. The predicted octanol–water partition coefficient (Wildman–Crippen LogP) is 1.89. The highest BCUT2D eigenvalue weighted by atomic mass is 16.7. The summed E-state index contributed by atoms with van der Waals surface area (Å²) in [5.74, 6) is 0.445. The zero-order chi connectivity index (χ0) is 16.8. The highest BCUT2D eigenvalue weighted by Crippen LogP contribution is 2.36. The van der Waals surface area contributed by atoms with Gasteiger partial charge in [-0.1, -0.05) is 6.07 Å². The Kier molecular flexibility index (Phi) is 3.93. The summed E-state index contributed by atoms with van der Waals surface area (Å²) in [6.45, 7) is 8.06. The molecule has 1 aliphatic carbocycles. The lowest BCUT2D eigenvalue weighted by Crippen LogP contribution is -2.41. The number of carbonyl (C=O) groups is 1. The van der Waals surface area contributed by atoms with Gasteiger partial charge in [-0.25, -0.2) is 0 Å². The van der Waals surface area contributed by atoms with Gasteiger partial charge in [-0.3, -0.25) is 4.79 Å². The van der Waals surface area contributed by atoms with Crippen LogP contribution in [0.25, 0.3) is 0 Å².